The lowest BCUT2D eigenvalue weighted by molar-refractivity contribution is 0.193. The number of benzene rings is 1. The second-order valence-corrected chi connectivity index (χ2v) is 8.18. The zero-order chi connectivity index (χ0) is 16.8. The van der Waals surface area contributed by atoms with Crippen LogP contribution in [0.3, 0.4) is 0 Å². The molecular formula is C22H29N. The molecular weight excluding hydrogens is 278 g/mol. The monoisotopic (exact) mass is 307 g/mol. The Morgan fingerprint density at radius 1 is 1.09 bits per heavy atom. The van der Waals surface area contributed by atoms with Crippen molar-refractivity contribution >= 4 is 11.1 Å². The van der Waals surface area contributed by atoms with E-state index in [0.717, 1.165) is 25.1 Å². The van der Waals surface area contributed by atoms with Crippen LogP contribution in [-0.2, 0) is 0 Å². The van der Waals surface area contributed by atoms with Crippen LogP contribution in [0.25, 0.3) is 11.1 Å². The Morgan fingerprint density at radius 3 is 2.35 bits per heavy atom. The molecule has 0 saturated carbocycles. The van der Waals surface area contributed by atoms with Crippen molar-refractivity contribution in [2.45, 2.75) is 34.1 Å². The molecule has 0 aromatic heterocycles. The van der Waals surface area contributed by atoms with Gasteiger partial charge in [0, 0.05) is 23.9 Å². The van der Waals surface area contributed by atoms with Gasteiger partial charge in [-0.05, 0) is 37.1 Å². The lowest BCUT2D eigenvalue weighted by atomic mass is 9.58. The number of nitrogens with zero attached hydrogens (tertiary/aromatic N) is 1. The third-order valence-corrected chi connectivity index (χ3v) is 5.67. The Hall–Kier alpha value is -1.60. The molecule has 0 saturated heterocycles. The van der Waals surface area contributed by atoms with Crippen LogP contribution in [0.15, 0.2) is 48.6 Å². The minimum Gasteiger partial charge on any atom is -0.302 e. The molecule has 1 unspecified atom stereocenters. The highest BCUT2D eigenvalue weighted by Crippen LogP contribution is 2.55. The van der Waals surface area contributed by atoms with Gasteiger partial charge in [-0.25, -0.2) is 0 Å². The minimum atomic E-state index is 0.0962. The third-order valence-electron chi connectivity index (χ3n) is 5.67. The topological polar surface area (TPSA) is 3.24 Å². The van der Waals surface area contributed by atoms with Crippen molar-refractivity contribution in [1.29, 1.82) is 0 Å². The summed E-state index contributed by atoms with van der Waals surface area (Å²) < 4.78 is 0. The molecule has 3 rings (SSSR count). The SMILES string of the molecule is C=C(C)c1ccc(C2=CCC3(C)CN(C)CC=C3C2(C)C)cc1. The largest absolute Gasteiger partial charge is 0.302 e. The summed E-state index contributed by atoms with van der Waals surface area (Å²) in [6, 6.07) is 8.92. The van der Waals surface area contributed by atoms with Crippen molar-refractivity contribution in [3.8, 4) is 0 Å². The van der Waals surface area contributed by atoms with E-state index < -0.39 is 0 Å². The molecule has 1 nitrogen and oxygen atoms in total. The van der Waals surface area contributed by atoms with Crippen LogP contribution in [-0.4, -0.2) is 25.0 Å². The molecule has 2 aliphatic rings. The highest BCUT2D eigenvalue weighted by atomic mass is 15.1. The normalized spacial score (nSPS) is 27.0. The molecule has 1 aromatic rings. The van der Waals surface area contributed by atoms with Gasteiger partial charge in [0.1, 0.15) is 0 Å². The lowest BCUT2D eigenvalue weighted by Gasteiger charge is -2.50. The molecule has 1 aliphatic carbocycles. The summed E-state index contributed by atoms with van der Waals surface area (Å²) in [6.45, 7) is 15.5. The van der Waals surface area contributed by atoms with Gasteiger partial charge in [-0.3, -0.25) is 0 Å². The summed E-state index contributed by atoms with van der Waals surface area (Å²) in [4.78, 5) is 2.43. The van der Waals surface area contributed by atoms with E-state index in [1.54, 1.807) is 5.57 Å². The van der Waals surface area contributed by atoms with Crippen LogP contribution in [0, 0.1) is 10.8 Å². The van der Waals surface area contributed by atoms with Gasteiger partial charge in [0.25, 0.3) is 0 Å². The van der Waals surface area contributed by atoms with E-state index >= 15 is 0 Å². The minimum absolute atomic E-state index is 0.0962. The lowest BCUT2D eigenvalue weighted by Crippen LogP contribution is -2.45. The highest BCUT2D eigenvalue weighted by Gasteiger charge is 2.45. The molecule has 1 heterocycles. The van der Waals surface area contributed by atoms with E-state index in [4.69, 9.17) is 0 Å². The van der Waals surface area contributed by atoms with Crippen molar-refractivity contribution < 1.29 is 0 Å². The number of rotatable bonds is 2. The molecule has 0 fully saturated rings. The summed E-state index contributed by atoms with van der Waals surface area (Å²) in [7, 11) is 2.22. The van der Waals surface area contributed by atoms with Crippen LogP contribution in [0.5, 0.6) is 0 Å². The van der Waals surface area contributed by atoms with Crippen LogP contribution in [0.1, 0.15) is 45.2 Å². The van der Waals surface area contributed by atoms with Gasteiger partial charge in [0.15, 0.2) is 0 Å². The van der Waals surface area contributed by atoms with Crippen molar-refractivity contribution in [3.05, 3.63) is 59.7 Å². The van der Waals surface area contributed by atoms with Gasteiger partial charge in [-0.15, -0.1) is 0 Å². The van der Waals surface area contributed by atoms with Gasteiger partial charge in [-0.2, -0.15) is 0 Å². The number of allylic oxidation sites excluding steroid dienone is 3. The Morgan fingerprint density at radius 2 is 1.74 bits per heavy atom. The quantitative estimate of drug-likeness (QED) is 0.660. The summed E-state index contributed by atoms with van der Waals surface area (Å²) in [6.07, 6.45) is 6.08. The number of fused-ring (bicyclic) bond motifs is 1. The molecule has 23 heavy (non-hydrogen) atoms. The van der Waals surface area contributed by atoms with Crippen LogP contribution < -0.4 is 0 Å². The van der Waals surface area contributed by atoms with E-state index in [-0.39, 0.29) is 10.8 Å². The molecule has 0 radical (unpaired) electrons. The Balaban J connectivity index is 2.01. The summed E-state index contributed by atoms with van der Waals surface area (Å²) in [5.41, 5.74) is 7.16. The Kier molecular flexibility index (Phi) is 3.88. The second kappa shape index (κ2) is 5.49. The van der Waals surface area contributed by atoms with Crippen molar-refractivity contribution in [2.75, 3.05) is 20.1 Å². The van der Waals surface area contributed by atoms with E-state index in [1.807, 2.05) is 0 Å². The zero-order valence-corrected chi connectivity index (χ0v) is 15.2. The predicted molar refractivity (Wildman–Crippen MR) is 101 cm³/mol. The average Bonchev–Trinajstić information content (AvgIpc) is 2.46. The number of hydrogen-bond donors (Lipinski definition) is 0. The smallest absolute Gasteiger partial charge is 0.0163 e. The van der Waals surface area contributed by atoms with Gasteiger partial charge < -0.3 is 4.90 Å². The van der Waals surface area contributed by atoms with Gasteiger partial charge in [-0.1, -0.05) is 74.9 Å². The molecule has 122 valence electrons. The maximum atomic E-state index is 4.04. The fourth-order valence-electron chi connectivity index (χ4n) is 4.56. The molecule has 1 aromatic carbocycles. The molecule has 0 amide bonds. The summed E-state index contributed by atoms with van der Waals surface area (Å²) >= 11 is 0. The van der Waals surface area contributed by atoms with Gasteiger partial charge in [0.05, 0.1) is 0 Å². The maximum Gasteiger partial charge on any atom is 0.0163 e. The van der Waals surface area contributed by atoms with Crippen LogP contribution in [0.2, 0.25) is 0 Å². The van der Waals surface area contributed by atoms with Crippen molar-refractivity contribution in [1.82, 2.24) is 4.90 Å². The standard InChI is InChI=1S/C22H29N/c1-16(2)17-7-9-18(10-8-17)19-11-13-22(5)15-23(6)14-12-20(22)21(19,3)4/h7-12H,1,13-15H2,2-6H3. The second-order valence-electron chi connectivity index (χ2n) is 8.18. The molecule has 1 atom stereocenters. The number of hydrogen-bond acceptors (Lipinski definition) is 1. The zero-order valence-electron chi connectivity index (χ0n) is 15.2. The van der Waals surface area contributed by atoms with E-state index in [0.29, 0.717) is 0 Å². The highest BCUT2D eigenvalue weighted by molar-refractivity contribution is 5.76. The summed E-state index contributed by atoms with van der Waals surface area (Å²) in [5, 5.41) is 0. The number of likely N-dealkylation sites (N-methyl/N-ethyl adjacent to an activating group) is 1. The Bertz CT molecular complexity index is 687. The first-order valence-corrected chi connectivity index (χ1v) is 8.61. The third kappa shape index (κ3) is 2.72. The molecule has 1 heteroatoms. The molecule has 0 N–H and O–H groups in total. The van der Waals surface area contributed by atoms with Gasteiger partial charge in [0.2, 0.25) is 0 Å². The first-order valence-electron chi connectivity index (χ1n) is 8.61. The predicted octanol–water partition coefficient (Wildman–Crippen LogP) is 5.41. The maximum absolute atomic E-state index is 4.04. The molecule has 1 aliphatic heterocycles. The summed E-state index contributed by atoms with van der Waals surface area (Å²) in [5.74, 6) is 0. The molecule has 0 bridgehead atoms. The first-order chi connectivity index (χ1) is 10.7. The van der Waals surface area contributed by atoms with Crippen molar-refractivity contribution in [2.24, 2.45) is 10.8 Å². The fraction of sp³-hybridized carbons (Fsp3) is 0.455. The Labute approximate surface area is 141 Å². The van der Waals surface area contributed by atoms with Gasteiger partial charge >= 0.3 is 0 Å². The van der Waals surface area contributed by atoms with Crippen molar-refractivity contribution in [3.63, 3.8) is 0 Å². The van der Waals surface area contributed by atoms with E-state index in [1.165, 1.54) is 16.7 Å². The first kappa shape index (κ1) is 16.3. The molecule has 0 spiro atoms. The fourth-order valence-corrected chi connectivity index (χ4v) is 4.56. The van der Waals surface area contributed by atoms with E-state index in [9.17, 15) is 0 Å². The average molecular weight is 307 g/mol. The van der Waals surface area contributed by atoms with E-state index in [2.05, 4.69) is 82.6 Å². The van der Waals surface area contributed by atoms with Crippen LogP contribution >= 0.6 is 0 Å². The van der Waals surface area contributed by atoms with Crippen LogP contribution in [0.4, 0.5) is 0 Å².